The summed E-state index contributed by atoms with van der Waals surface area (Å²) in [6.07, 6.45) is 1.76. The molecular weight excluding hydrogens is 174 g/mol. The Kier molecular flexibility index (Phi) is 3.25. The average Bonchev–Trinajstić information content (AvgIpc) is 2.82. The van der Waals surface area contributed by atoms with Crippen molar-refractivity contribution in [3.05, 3.63) is 0 Å². The van der Waals surface area contributed by atoms with Crippen LogP contribution in [0, 0.1) is 5.92 Å². The number of hydrogen-bond acceptors (Lipinski definition) is 3. The van der Waals surface area contributed by atoms with E-state index in [1.54, 1.807) is 0 Å². The van der Waals surface area contributed by atoms with E-state index >= 15 is 0 Å². The molecule has 0 bridgehead atoms. The van der Waals surface area contributed by atoms with Crippen LogP contribution >= 0.6 is 0 Å². The first-order valence-electron chi connectivity index (χ1n) is 4.16. The molecule has 0 aromatic heterocycles. The van der Waals surface area contributed by atoms with Crippen LogP contribution in [0.3, 0.4) is 0 Å². The minimum atomic E-state index is -0.966. The molecular formula is C8H13NO4. The number of methoxy groups -OCH3 is 1. The largest absolute Gasteiger partial charge is 0.480 e. The highest BCUT2D eigenvalue weighted by molar-refractivity contribution is 5.84. The molecule has 1 fully saturated rings. The SMILES string of the molecule is COCC(=O)NC(C(=O)O)C1CC1. The second-order valence-electron chi connectivity index (χ2n) is 3.15. The molecule has 1 amide bonds. The van der Waals surface area contributed by atoms with Crippen molar-refractivity contribution in [3.63, 3.8) is 0 Å². The maximum absolute atomic E-state index is 11.0. The van der Waals surface area contributed by atoms with Crippen LogP contribution in [-0.2, 0) is 14.3 Å². The monoisotopic (exact) mass is 187 g/mol. The normalized spacial score (nSPS) is 17.9. The molecule has 0 spiro atoms. The Hall–Kier alpha value is -1.10. The number of carboxylic acids is 1. The summed E-state index contributed by atoms with van der Waals surface area (Å²) in [5.41, 5.74) is 0. The highest BCUT2D eigenvalue weighted by Gasteiger charge is 2.37. The maximum atomic E-state index is 11.0. The highest BCUT2D eigenvalue weighted by Crippen LogP contribution is 2.32. The Morgan fingerprint density at radius 3 is 2.62 bits per heavy atom. The molecule has 0 aliphatic heterocycles. The van der Waals surface area contributed by atoms with Crippen LogP contribution in [0.4, 0.5) is 0 Å². The summed E-state index contributed by atoms with van der Waals surface area (Å²) in [4.78, 5) is 21.7. The molecule has 0 aromatic rings. The highest BCUT2D eigenvalue weighted by atomic mass is 16.5. The molecule has 0 saturated heterocycles. The first-order valence-corrected chi connectivity index (χ1v) is 4.16. The Bertz CT molecular complexity index is 212. The van der Waals surface area contributed by atoms with Crippen LogP contribution < -0.4 is 5.32 Å². The lowest BCUT2D eigenvalue weighted by Crippen LogP contribution is -2.43. The fourth-order valence-corrected chi connectivity index (χ4v) is 1.16. The summed E-state index contributed by atoms with van der Waals surface area (Å²) >= 11 is 0. The van der Waals surface area contributed by atoms with Gasteiger partial charge in [-0.05, 0) is 18.8 Å². The number of hydrogen-bond donors (Lipinski definition) is 2. The molecule has 2 N–H and O–H groups in total. The number of nitrogens with one attached hydrogen (secondary N) is 1. The third-order valence-electron chi connectivity index (χ3n) is 1.95. The van der Waals surface area contributed by atoms with Gasteiger partial charge in [0.05, 0.1) is 0 Å². The second kappa shape index (κ2) is 4.23. The van der Waals surface area contributed by atoms with E-state index in [2.05, 4.69) is 10.1 Å². The lowest BCUT2D eigenvalue weighted by molar-refractivity contribution is -0.143. The van der Waals surface area contributed by atoms with E-state index in [1.807, 2.05) is 0 Å². The number of ether oxygens (including phenoxy) is 1. The van der Waals surface area contributed by atoms with Gasteiger partial charge < -0.3 is 15.2 Å². The molecule has 74 valence electrons. The Balaban J connectivity index is 2.37. The van der Waals surface area contributed by atoms with Gasteiger partial charge in [0.25, 0.3) is 0 Å². The Morgan fingerprint density at radius 1 is 1.62 bits per heavy atom. The van der Waals surface area contributed by atoms with Crippen LogP contribution in [0.2, 0.25) is 0 Å². The zero-order valence-electron chi connectivity index (χ0n) is 7.45. The molecule has 1 saturated carbocycles. The molecule has 1 aliphatic carbocycles. The molecule has 1 unspecified atom stereocenters. The smallest absolute Gasteiger partial charge is 0.326 e. The van der Waals surface area contributed by atoms with Gasteiger partial charge in [0, 0.05) is 7.11 Å². The van der Waals surface area contributed by atoms with Gasteiger partial charge in [-0.1, -0.05) is 0 Å². The van der Waals surface area contributed by atoms with E-state index in [4.69, 9.17) is 5.11 Å². The third-order valence-corrected chi connectivity index (χ3v) is 1.95. The summed E-state index contributed by atoms with van der Waals surface area (Å²) in [6, 6.07) is -0.734. The van der Waals surface area contributed by atoms with Gasteiger partial charge >= 0.3 is 5.97 Å². The number of rotatable bonds is 5. The van der Waals surface area contributed by atoms with Gasteiger partial charge in [-0.15, -0.1) is 0 Å². The van der Waals surface area contributed by atoms with Crippen molar-refractivity contribution in [3.8, 4) is 0 Å². The predicted molar refractivity (Wildman–Crippen MR) is 44.2 cm³/mol. The average molecular weight is 187 g/mol. The number of amides is 1. The Labute approximate surface area is 76.1 Å². The van der Waals surface area contributed by atoms with Gasteiger partial charge in [0.15, 0.2) is 0 Å². The minimum Gasteiger partial charge on any atom is -0.480 e. The van der Waals surface area contributed by atoms with Crippen molar-refractivity contribution in [2.24, 2.45) is 5.92 Å². The number of carbonyl (C=O) groups excluding carboxylic acids is 1. The topological polar surface area (TPSA) is 75.6 Å². The van der Waals surface area contributed by atoms with Crippen molar-refractivity contribution in [2.75, 3.05) is 13.7 Å². The second-order valence-corrected chi connectivity index (χ2v) is 3.15. The summed E-state index contributed by atoms with van der Waals surface area (Å²) in [7, 11) is 1.40. The van der Waals surface area contributed by atoms with Gasteiger partial charge in [-0.3, -0.25) is 4.79 Å². The molecule has 1 atom stereocenters. The van der Waals surface area contributed by atoms with Gasteiger partial charge in [0.1, 0.15) is 12.6 Å². The maximum Gasteiger partial charge on any atom is 0.326 e. The zero-order chi connectivity index (χ0) is 9.84. The van der Waals surface area contributed by atoms with E-state index in [0.717, 1.165) is 12.8 Å². The Morgan fingerprint density at radius 2 is 2.23 bits per heavy atom. The van der Waals surface area contributed by atoms with Crippen LogP contribution in [0.5, 0.6) is 0 Å². The summed E-state index contributed by atoms with van der Waals surface area (Å²) < 4.78 is 4.58. The first-order chi connectivity index (χ1) is 6.15. The number of carboxylic acid groups (broad SMARTS) is 1. The number of carbonyl (C=O) groups is 2. The van der Waals surface area contributed by atoms with Crippen LogP contribution in [0.25, 0.3) is 0 Å². The standard InChI is InChI=1S/C8H13NO4/c1-13-4-6(10)9-7(8(11)12)5-2-3-5/h5,7H,2-4H2,1H3,(H,9,10)(H,11,12). The van der Waals surface area contributed by atoms with Crippen molar-refractivity contribution in [1.82, 2.24) is 5.32 Å². The van der Waals surface area contributed by atoms with Crippen molar-refractivity contribution in [1.29, 1.82) is 0 Å². The summed E-state index contributed by atoms with van der Waals surface area (Å²) in [6.45, 7) is -0.0868. The van der Waals surface area contributed by atoms with Crippen LogP contribution in [-0.4, -0.2) is 36.7 Å². The van der Waals surface area contributed by atoms with Gasteiger partial charge in [0.2, 0.25) is 5.91 Å². The van der Waals surface area contributed by atoms with Crippen LogP contribution in [0.15, 0.2) is 0 Å². The van der Waals surface area contributed by atoms with Gasteiger partial charge in [-0.25, -0.2) is 4.79 Å². The molecule has 1 rings (SSSR count). The summed E-state index contributed by atoms with van der Waals surface area (Å²) in [5.74, 6) is -1.23. The molecule has 1 aliphatic rings. The first kappa shape index (κ1) is 9.98. The van der Waals surface area contributed by atoms with E-state index in [0.29, 0.717) is 0 Å². The van der Waals surface area contributed by atoms with Crippen LogP contribution in [0.1, 0.15) is 12.8 Å². The summed E-state index contributed by atoms with van der Waals surface area (Å²) in [5, 5.41) is 11.2. The molecule has 0 heterocycles. The van der Waals surface area contributed by atoms with Crippen molar-refractivity contribution in [2.45, 2.75) is 18.9 Å². The minimum absolute atomic E-state index is 0.0868. The molecule has 0 aromatic carbocycles. The fraction of sp³-hybridized carbons (Fsp3) is 0.750. The lowest BCUT2D eigenvalue weighted by atomic mass is 10.2. The molecule has 5 heteroatoms. The fourth-order valence-electron chi connectivity index (χ4n) is 1.16. The quantitative estimate of drug-likeness (QED) is 0.614. The van der Waals surface area contributed by atoms with E-state index in [-0.39, 0.29) is 18.4 Å². The molecule has 5 nitrogen and oxygen atoms in total. The molecule has 13 heavy (non-hydrogen) atoms. The van der Waals surface area contributed by atoms with Crippen molar-refractivity contribution >= 4 is 11.9 Å². The van der Waals surface area contributed by atoms with Gasteiger partial charge in [-0.2, -0.15) is 0 Å². The molecule has 0 radical (unpaired) electrons. The predicted octanol–water partition coefficient (Wildman–Crippen LogP) is -0.388. The van der Waals surface area contributed by atoms with E-state index in [9.17, 15) is 9.59 Å². The van der Waals surface area contributed by atoms with E-state index < -0.39 is 12.0 Å². The third kappa shape index (κ3) is 3.02. The zero-order valence-corrected chi connectivity index (χ0v) is 7.45. The number of aliphatic carboxylic acids is 1. The van der Waals surface area contributed by atoms with Crippen molar-refractivity contribution < 1.29 is 19.4 Å². The van der Waals surface area contributed by atoms with E-state index in [1.165, 1.54) is 7.11 Å². The lowest BCUT2D eigenvalue weighted by Gasteiger charge is -2.12.